The lowest BCUT2D eigenvalue weighted by atomic mass is 9.89. The number of halogens is 1. The average Bonchev–Trinajstić information content (AvgIpc) is 3.19. The molecule has 6 nitrogen and oxygen atoms in total. The Bertz CT molecular complexity index is 946. The Morgan fingerprint density at radius 1 is 1.26 bits per heavy atom. The molecule has 0 saturated heterocycles. The van der Waals surface area contributed by atoms with Gasteiger partial charge in [0.15, 0.2) is 0 Å². The molecule has 0 aromatic heterocycles. The standard InChI is InChI=1S/C20H21ClN4O2/c1-2-7-25-17-6-4-14(21)9-16(17)20(18(22)26,19(25)27)24-15-5-3-12-10-23-11-13(12)8-15/h3-6,8-9,23-24H,2,7,10-11H2,1H3,(H2,22,26)/t20-/m1/s1. The van der Waals surface area contributed by atoms with E-state index >= 15 is 0 Å². The van der Waals surface area contributed by atoms with Gasteiger partial charge >= 0.3 is 0 Å². The number of rotatable bonds is 5. The van der Waals surface area contributed by atoms with Gasteiger partial charge in [-0.2, -0.15) is 0 Å². The van der Waals surface area contributed by atoms with E-state index in [1.165, 1.54) is 5.56 Å². The van der Waals surface area contributed by atoms with Crippen LogP contribution in [0.5, 0.6) is 0 Å². The number of fused-ring (bicyclic) bond motifs is 2. The molecule has 140 valence electrons. The molecule has 2 aromatic carbocycles. The van der Waals surface area contributed by atoms with E-state index in [1.807, 2.05) is 25.1 Å². The number of hydrogen-bond donors (Lipinski definition) is 3. The smallest absolute Gasteiger partial charge is 0.267 e. The lowest BCUT2D eigenvalue weighted by molar-refractivity contribution is -0.132. The second-order valence-electron chi connectivity index (χ2n) is 6.94. The van der Waals surface area contributed by atoms with Crippen LogP contribution in [0.15, 0.2) is 36.4 Å². The molecule has 0 spiro atoms. The second-order valence-corrected chi connectivity index (χ2v) is 7.38. The van der Waals surface area contributed by atoms with E-state index in [1.54, 1.807) is 23.1 Å². The van der Waals surface area contributed by atoms with Gasteiger partial charge in [-0.1, -0.05) is 24.6 Å². The van der Waals surface area contributed by atoms with E-state index in [4.69, 9.17) is 17.3 Å². The minimum atomic E-state index is -1.67. The number of nitrogens with one attached hydrogen (secondary N) is 2. The molecule has 27 heavy (non-hydrogen) atoms. The molecule has 2 amide bonds. The van der Waals surface area contributed by atoms with Crippen molar-refractivity contribution in [3.63, 3.8) is 0 Å². The Balaban J connectivity index is 1.84. The lowest BCUT2D eigenvalue weighted by Gasteiger charge is -2.28. The van der Waals surface area contributed by atoms with E-state index in [9.17, 15) is 9.59 Å². The van der Waals surface area contributed by atoms with Crippen LogP contribution in [0.1, 0.15) is 30.0 Å². The van der Waals surface area contributed by atoms with E-state index in [0.29, 0.717) is 28.5 Å². The summed E-state index contributed by atoms with van der Waals surface area (Å²) in [5.41, 5.74) is 8.32. The molecule has 4 N–H and O–H groups in total. The fourth-order valence-corrected chi connectivity index (χ4v) is 4.10. The second kappa shape index (κ2) is 6.55. The van der Waals surface area contributed by atoms with Crippen LogP contribution >= 0.6 is 11.6 Å². The SMILES string of the molecule is CCCN1C(=O)[C@](Nc2ccc3c(c2)CNC3)(C(N)=O)c2cc(Cl)ccc21. The summed E-state index contributed by atoms with van der Waals surface area (Å²) in [5.74, 6) is -1.11. The van der Waals surface area contributed by atoms with Crippen molar-refractivity contribution < 1.29 is 9.59 Å². The first-order valence-electron chi connectivity index (χ1n) is 9.00. The Morgan fingerprint density at radius 2 is 2.04 bits per heavy atom. The van der Waals surface area contributed by atoms with Crippen molar-refractivity contribution in [2.45, 2.75) is 32.0 Å². The van der Waals surface area contributed by atoms with Gasteiger partial charge < -0.3 is 21.3 Å². The van der Waals surface area contributed by atoms with Crippen molar-refractivity contribution in [3.8, 4) is 0 Å². The maximum atomic E-state index is 13.4. The highest BCUT2D eigenvalue weighted by Crippen LogP contribution is 2.44. The van der Waals surface area contributed by atoms with E-state index in [0.717, 1.165) is 25.1 Å². The summed E-state index contributed by atoms with van der Waals surface area (Å²) in [4.78, 5) is 27.6. The zero-order chi connectivity index (χ0) is 19.2. The summed E-state index contributed by atoms with van der Waals surface area (Å²) in [6.07, 6.45) is 0.757. The average molecular weight is 385 g/mol. The number of hydrogen-bond acceptors (Lipinski definition) is 4. The highest BCUT2D eigenvalue weighted by Gasteiger charge is 2.55. The van der Waals surface area contributed by atoms with Gasteiger partial charge in [-0.25, -0.2) is 0 Å². The minimum absolute atomic E-state index is 0.368. The van der Waals surface area contributed by atoms with Gasteiger partial charge in [-0.3, -0.25) is 9.59 Å². The lowest BCUT2D eigenvalue weighted by Crippen LogP contribution is -2.55. The molecule has 0 saturated carbocycles. The van der Waals surface area contributed by atoms with E-state index in [-0.39, 0.29) is 5.91 Å². The Hall–Kier alpha value is -2.57. The molecule has 2 heterocycles. The molecule has 0 fully saturated rings. The summed E-state index contributed by atoms with van der Waals surface area (Å²) >= 11 is 6.19. The minimum Gasteiger partial charge on any atom is -0.367 e. The predicted molar refractivity (Wildman–Crippen MR) is 106 cm³/mol. The van der Waals surface area contributed by atoms with Crippen LogP contribution < -0.4 is 21.3 Å². The molecule has 2 aliphatic rings. The van der Waals surface area contributed by atoms with Crippen molar-refractivity contribution in [1.82, 2.24) is 5.32 Å². The quantitative estimate of drug-likeness (QED) is 0.691. The number of anilines is 2. The fraction of sp³-hybridized carbons (Fsp3) is 0.300. The zero-order valence-corrected chi connectivity index (χ0v) is 15.8. The number of nitrogens with two attached hydrogens (primary N) is 1. The van der Waals surface area contributed by atoms with Gasteiger partial charge in [-0.15, -0.1) is 0 Å². The first-order chi connectivity index (χ1) is 13.0. The summed E-state index contributed by atoms with van der Waals surface area (Å²) in [5, 5.41) is 6.89. The van der Waals surface area contributed by atoms with Crippen molar-refractivity contribution >= 4 is 34.8 Å². The number of benzene rings is 2. The number of carbonyl (C=O) groups is 2. The normalized spacial score (nSPS) is 20.5. The van der Waals surface area contributed by atoms with E-state index in [2.05, 4.69) is 10.6 Å². The molecule has 0 bridgehead atoms. The molecular weight excluding hydrogens is 364 g/mol. The van der Waals surface area contributed by atoms with E-state index < -0.39 is 11.4 Å². The maximum Gasteiger partial charge on any atom is 0.267 e. The summed E-state index contributed by atoms with van der Waals surface area (Å²) in [7, 11) is 0. The van der Waals surface area contributed by atoms with Crippen LogP contribution in [0.3, 0.4) is 0 Å². The molecule has 2 aliphatic heterocycles. The molecule has 7 heteroatoms. The molecule has 0 radical (unpaired) electrons. The van der Waals surface area contributed by atoms with Crippen LogP contribution in [0, 0.1) is 0 Å². The van der Waals surface area contributed by atoms with Crippen molar-refractivity contribution in [1.29, 1.82) is 0 Å². The number of nitrogens with zero attached hydrogens (tertiary/aromatic N) is 1. The van der Waals surface area contributed by atoms with Crippen molar-refractivity contribution in [2.75, 3.05) is 16.8 Å². The zero-order valence-electron chi connectivity index (χ0n) is 15.0. The molecule has 2 aromatic rings. The highest BCUT2D eigenvalue weighted by molar-refractivity contribution is 6.31. The molecule has 1 atom stereocenters. The Labute approximate surface area is 162 Å². The third-order valence-corrected chi connectivity index (χ3v) is 5.44. The van der Waals surface area contributed by atoms with Crippen LogP contribution in [-0.2, 0) is 28.2 Å². The molecule has 0 unspecified atom stereocenters. The fourth-order valence-electron chi connectivity index (χ4n) is 3.93. The topological polar surface area (TPSA) is 87.5 Å². The highest BCUT2D eigenvalue weighted by atomic mass is 35.5. The van der Waals surface area contributed by atoms with Gasteiger partial charge in [0.05, 0.1) is 5.69 Å². The van der Waals surface area contributed by atoms with Crippen molar-refractivity contribution in [3.05, 3.63) is 58.1 Å². The van der Waals surface area contributed by atoms with Gasteiger partial charge in [0.1, 0.15) is 0 Å². The summed E-state index contributed by atoms with van der Waals surface area (Å²) in [6.45, 7) is 4.05. The van der Waals surface area contributed by atoms with Gasteiger partial charge in [0.25, 0.3) is 11.8 Å². The summed E-state index contributed by atoms with van der Waals surface area (Å²) < 4.78 is 0. The monoisotopic (exact) mass is 384 g/mol. The third kappa shape index (κ3) is 2.67. The molecule has 0 aliphatic carbocycles. The molecular formula is C20H21ClN4O2. The number of primary amides is 1. The number of amides is 2. The number of carbonyl (C=O) groups excluding carboxylic acids is 2. The van der Waals surface area contributed by atoms with Gasteiger partial charge in [0, 0.05) is 35.9 Å². The Kier molecular flexibility index (Phi) is 4.32. The third-order valence-electron chi connectivity index (χ3n) is 5.21. The predicted octanol–water partition coefficient (Wildman–Crippen LogP) is 2.49. The maximum absolute atomic E-state index is 13.4. The first kappa shape index (κ1) is 17.8. The van der Waals surface area contributed by atoms with Gasteiger partial charge in [-0.05, 0) is 47.9 Å². The van der Waals surface area contributed by atoms with Crippen LogP contribution in [0.4, 0.5) is 11.4 Å². The molecule has 4 rings (SSSR count). The van der Waals surface area contributed by atoms with Gasteiger partial charge in [0.2, 0.25) is 5.54 Å². The van der Waals surface area contributed by atoms with Crippen LogP contribution in [0.2, 0.25) is 5.02 Å². The largest absolute Gasteiger partial charge is 0.367 e. The van der Waals surface area contributed by atoms with Crippen molar-refractivity contribution in [2.24, 2.45) is 5.73 Å². The van der Waals surface area contributed by atoms with Crippen LogP contribution in [-0.4, -0.2) is 18.4 Å². The summed E-state index contributed by atoms with van der Waals surface area (Å²) in [6, 6.07) is 11.0. The Morgan fingerprint density at radius 3 is 2.78 bits per heavy atom. The van der Waals surface area contributed by atoms with Crippen LogP contribution in [0.25, 0.3) is 0 Å². The first-order valence-corrected chi connectivity index (χ1v) is 9.37.